The monoisotopic (exact) mass is 1030 g/mol. The van der Waals surface area contributed by atoms with Gasteiger partial charge in [0, 0.05) is 68.8 Å². The van der Waals surface area contributed by atoms with E-state index in [2.05, 4.69) is 25.1 Å². The van der Waals surface area contributed by atoms with Gasteiger partial charge < -0.3 is 29.5 Å². The highest BCUT2D eigenvalue weighted by atomic mass is 19.4. The number of hydrogen-bond donors (Lipinski definition) is 2. The van der Waals surface area contributed by atoms with Crippen LogP contribution in [0.1, 0.15) is 109 Å². The minimum absolute atomic E-state index is 0.0145. The van der Waals surface area contributed by atoms with E-state index in [0.717, 1.165) is 94.5 Å². The van der Waals surface area contributed by atoms with Crippen molar-refractivity contribution in [1.29, 1.82) is 0 Å². The second kappa shape index (κ2) is 22.8. The van der Waals surface area contributed by atoms with E-state index in [4.69, 9.17) is 14.2 Å². The Kier molecular flexibility index (Phi) is 16.9. The van der Waals surface area contributed by atoms with E-state index in [9.17, 15) is 49.8 Å². The van der Waals surface area contributed by atoms with E-state index in [1.54, 1.807) is 13.8 Å². The van der Waals surface area contributed by atoms with Crippen LogP contribution in [0.4, 0.5) is 35.1 Å². The number of alkyl halides is 6. The molecule has 396 valence electrons. The largest absolute Gasteiger partial charge is 0.479 e. The molecular formula is C53H62F8N6O6. The number of fused-ring (bicyclic) bond motifs is 2. The van der Waals surface area contributed by atoms with Gasteiger partial charge in [-0.1, -0.05) is 24.3 Å². The van der Waals surface area contributed by atoms with Gasteiger partial charge >= 0.3 is 18.3 Å². The smallest absolute Gasteiger partial charge is 0.417 e. The number of hydrogen-bond acceptors (Lipinski definition) is 10. The lowest BCUT2D eigenvalue weighted by molar-refractivity contribution is -0.268. The number of carboxylic acid groups (broad SMARTS) is 1. The van der Waals surface area contributed by atoms with E-state index in [1.165, 1.54) is 40.8 Å². The molecule has 10 rings (SSSR count). The van der Waals surface area contributed by atoms with Crippen molar-refractivity contribution in [2.75, 3.05) is 59.1 Å². The van der Waals surface area contributed by atoms with Crippen LogP contribution in [0.15, 0.2) is 73.1 Å². The van der Waals surface area contributed by atoms with Gasteiger partial charge in [-0.05, 0) is 149 Å². The Bertz CT molecular complexity index is 2500. The molecule has 20 heteroatoms. The second-order valence-corrected chi connectivity index (χ2v) is 20.0. The van der Waals surface area contributed by atoms with Gasteiger partial charge in [0.2, 0.25) is 5.79 Å². The first kappa shape index (κ1) is 54.2. The fourth-order valence-corrected chi connectivity index (χ4v) is 10.5. The molecule has 2 aromatic carbocycles. The molecule has 4 saturated heterocycles. The lowest BCUT2D eigenvalue weighted by atomic mass is 9.87. The average Bonchev–Trinajstić information content (AvgIpc) is 3.39. The van der Waals surface area contributed by atoms with Gasteiger partial charge in [-0.25, -0.2) is 13.6 Å². The van der Waals surface area contributed by atoms with Crippen LogP contribution in [0.25, 0.3) is 0 Å². The molecule has 0 bridgehead atoms. The maximum Gasteiger partial charge on any atom is 0.417 e. The summed E-state index contributed by atoms with van der Waals surface area (Å²) in [7, 11) is 0. The first-order chi connectivity index (χ1) is 34.7. The standard InChI is InChI=1S/C26H29F4N3O3.C18H24FNO3.C9H9F3N2/c1-25(24(34)33-11-8-23-19(14-33)12-20(13-31-23)26(28,29)30)35-15-22(16-36-25)32-9-6-18(7-10-32)17-2-4-21(27)5-3-17;1-18(17(21)22)9-6-16(12-23-18)20-10-7-14(8-11-20)13-2-4-15(19)5-3-13;10-9(11,12)7-3-6-4-13-2-1-8(6)14-5-7/h2-5,12-13,18,22H,6-11,14-16H2,1H3;2-5,14,16H,6-12H2,1H3,(H,21,22);3,5,13H,1-2,4H2. The van der Waals surface area contributed by atoms with Crippen LogP contribution in [0.3, 0.4) is 0 Å². The van der Waals surface area contributed by atoms with E-state index in [1.807, 2.05) is 24.3 Å². The van der Waals surface area contributed by atoms with Crippen molar-refractivity contribution in [3.8, 4) is 0 Å². The van der Waals surface area contributed by atoms with Crippen molar-refractivity contribution in [1.82, 2.24) is 30.0 Å². The summed E-state index contributed by atoms with van der Waals surface area (Å²) in [6.07, 6.45) is -0.533. The highest BCUT2D eigenvalue weighted by molar-refractivity contribution is 5.83. The van der Waals surface area contributed by atoms with Crippen LogP contribution in [0, 0.1) is 11.6 Å². The highest BCUT2D eigenvalue weighted by Gasteiger charge is 2.46. The molecule has 2 atom stereocenters. The van der Waals surface area contributed by atoms with Gasteiger partial charge in [0.1, 0.15) is 11.6 Å². The lowest BCUT2D eigenvalue weighted by Gasteiger charge is -2.44. The minimum Gasteiger partial charge on any atom is -0.479 e. The third-order valence-electron chi connectivity index (χ3n) is 15.2. The van der Waals surface area contributed by atoms with E-state index >= 15 is 0 Å². The highest BCUT2D eigenvalue weighted by Crippen LogP contribution is 2.36. The van der Waals surface area contributed by atoms with Crippen molar-refractivity contribution < 1.29 is 64.0 Å². The number of piperidine rings is 2. The molecule has 0 aliphatic carbocycles. The van der Waals surface area contributed by atoms with Gasteiger partial charge in [-0.2, -0.15) is 26.3 Å². The zero-order chi connectivity index (χ0) is 52.1. The molecule has 0 saturated carbocycles. The van der Waals surface area contributed by atoms with Crippen molar-refractivity contribution in [2.45, 2.75) is 126 Å². The molecule has 2 unspecified atom stereocenters. The summed E-state index contributed by atoms with van der Waals surface area (Å²) >= 11 is 0. The number of halogens is 8. The summed E-state index contributed by atoms with van der Waals surface area (Å²) in [4.78, 5) is 38.5. The van der Waals surface area contributed by atoms with Crippen LogP contribution in [0.5, 0.6) is 0 Å². The number of ether oxygens (including phenoxy) is 3. The zero-order valence-corrected chi connectivity index (χ0v) is 40.9. The number of carbonyl (C=O) groups is 2. The number of aliphatic carboxylic acids is 1. The Morgan fingerprint density at radius 2 is 1.14 bits per heavy atom. The Balaban J connectivity index is 0.000000163. The molecule has 4 fully saturated rings. The number of pyridine rings is 2. The summed E-state index contributed by atoms with van der Waals surface area (Å²) in [5.74, 6) is -2.29. The van der Waals surface area contributed by atoms with E-state index in [-0.39, 0.29) is 30.1 Å². The van der Waals surface area contributed by atoms with Crippen LogP contribution in [-0.2, 0) is 62.1 Å². The van der Waals surface area contributed by atoms with Crippen molar-refractivity contribution >= 4 is 11.9 Å². The third-order valence-corrected chi connectivity index (χ3v) is 15.2. The van der Waals surface area contributed by atoms with Gasteiger partial charge in [-0.3, -0.25) is 24.6 Å². The van der Waals surface area contributed by atoms with Gasteiger partial charge in [-0.15, -0.1) is 0 Å². The number of carboxylic acids is 1. The average molecular weight is 1030 g/mol. The summed E-state index contributed by atoms with van der Waals surface area (Å²) in [6, 6.07) is 16.1. The first-order valence-electron chi connectivity index (χ1n) is 24.9. The number of benzene rings is 2. The summed E-state index contributed by atoms with van der Waals surface area (Å²) in [5, 5.41) is 12.2. The number of amides is 1. The van der Waals surface area contributed by atoms with Crippen LogP contribution in [0.2, 0.25) is 0 Å². The normalized spacial score (nSPS) is 25.5. The van der Waals surface area contributed by atoms with Crippen LogP contribution in [-0.4, -0.2) is 124 Å². The summed E-state index contributed by atoms with van der Waals surface area (Å²) < 4.78 is 120. The van der Waals surface area contributed by atoms with Crippen molar-refractivity contribution in [3.05, 3.63) is 129 Å². The predicted molar refractivity (Wildman–Crippen MR) is 252 cm³/mol. The van der Waals surface area contributed by atoms with Crippen molar-refractivity contribution in [2.24, 2.45) is 0 Å². The molecule has 0 spiro atoms. The fraction of sp³-hybridized carbons (Fsp3) is 0.547. The molecule has 6 aliphatic rings. The molecule has 12 nitrogen and oxygen atoms in total. The van der Waals surface area contributed by atoms with E-state index < -0.39 is 40.8 Å². The molecule has 2 aromatic heterocycles. The van der Waals surface area contributed by atoms with E-state index in [0.29, 0.717) is 86.9 Å². The molecule has 2 N–H and O–H groups in total. The molecular weight excluding hydrogens is 969 g/mol. The fourth-order valence-electron chi connectivity index (χ4n) is 10.5. The Hall–Kier alpha value is -5.12. The van der Waals surface area contributed by atoms with Gasteiger partial charge in [0.25, 0.3) is 5.91 Å². The molecule has 0 radical (unpaired) electrons. The van der Waals surface area contributed by atoms with Crippen molar-refractivity contribution in [3.63, 3.8) is 0 Å². The summed E-state index contributed by atoms with van der Waals surface area (Å²) in [6.45, 7) is 9.69. The lowest BCUT2D eigenvalue weighted by Crippen LogP contribution is -2.59. The quantitative estimate of drug-likeness (QED) is 0.180. The van der Waals surface area contributed by atoms with Gasteiger partial charge in [0.05, 0.1) is 37.0 Å². The number of likely N-dealkylation sites (tertiary alicyclic amines) is 2. The Morgan fingerprint density at radius 1 is 0.658 bits per heavy atom. The van der Waals surface area contributed by atoms with Crippen LogP contribution >= 0.6 is 0 Å². The third kappa shape index (κ3) is 13.4. The minimum atomic E-state index is -4.49. The predicted octanol–water partition coefficient (Wildman–Crippen LogP) is 8.91. The number of aromatic nitrogens is 2. The maximum atomic E-state index is 13.3. The Morgan fingerprint density at radius 3 is 1.62 bits per heavy atom. The zero-order valence-electron chi connectivity index (χ0n) is 40.9. The number of nitrogens with zero attached hydrogens (tertiary/aromatic N) is 5. The molecule has 6 aliphatic heterocycles. The SMILES string of the molecule is CC1(C(=O)N2CCc3ncc(C(F)(F)F)cc3C2)OCC(N2CCC(c3ccc(F)cc3)CC2)CO1.CC1(C(=O)O)CCC(N2CCC(c3ccc(F)cc3)CC2)CO1.FC(F)(F)c1cnc2c(c1)CNCC2. The Labute approximate surface area is 419 Å². The molecule has 4 aromatic rings. The first-order valence-corrected chi connectivity index (χ1v) is 24.9. The topological polar surface area (TPSA) is 130 Å². The molecule has 1 amide bonds. The number of carbonyl (C=O) groups excluding carboxylic acids is 1. The molecule has 8 heterocycles. The maximum absolute atomic E-state index is 13.3. The number of rotatable bonds is 6. The summed E-state index contributed by atoms with van der Waals surface area (Å²) in [5.41, 5.74) is 2.25. The second-order valence-electron chi connectivity index (χ2n) is 20.0. The van der Waals surface area contributed by atoms with Gasteiger partial charge in [0.15, 0.2) is 5.60 Å². The van der Waals surface area contributed by atoms with Crippen LogP contribution < -0.4 is 5.32 Å². The molecule has 73 heavy (non-hydrogen) atoms. The number of nitrogens with one attached hydrogen (secondary N) is 1.